The Labute approximate surface area is 137 Å². The summed E-state index contributed by atoms with van der Waals surface area (Å²) in [7, 11) is 0. The van der Waals surface area contributed by atoms with Crippen LogP contribution in [-0.4, -0.2) is 29.8 Å². The van der Waals surface area contributed by atoms with Gasteiger partial charge in [0.15, 0.2) is 5.78 Å². The zero-order valence-corrected chi connectivity index (χ0v) is 14.7. The fourth-order valence-corrected chi connectivity index (χ4v) is 3.42. The lowest BCUT2D eigenvalue weighted by molar-refractivity contribution is 0.0885. The summed E-state index contributed by atoms with van der Waals surface area (Å²) in [5.41, 5.74) is 0.817. The fourth-order valence-electron chi connectivity index (χ4n) is 3.02. The first-order valence-corrected chi connectivity index (χ1v) is 8.88. The van der Waals surface area contributed by atoms with Gasteiger partial charge in [0, 0.05) is 16.1 Å². The predicted octanol–water partition coefficient (Wildman–Crippen LogP) is 4.92. The van der Waals surface area contributed by atoms with Crippen LogP contribution in [0.1, 0.15) is 56.3 Å². The molecule has 0 bridgehead atoms. The zero-order chi connectivity index (χ0) is 15.2. The van der Waals surface area contributed by atoms with Gasteiger partial charge in [-0.25, -0.2) is 0 Å². The molecule has 1 saturated carbocycles. The molecule has 1 aromatic rings. The first-order valence-electron chi connectivity index (χ1n) is 8.09. The summed E-state index contributed by atoms with van der Waals surface area (Å²) in [5.74, 6) is 0.932. The summed E-state index contributed by atoms with van der Waals surface area (Å²) in [6, 6.07) is 8.36. The number of benzene rings is 1. The molecule has 0 radical (unpaired) electrons. The van der Waals surface area contributed by atoms with Crippen molar-refractivity contribution in [2.24, 2.45) is 5.92 Å². The lowest BCUT2D eigenvalue weighted by Gasteiger charge is -2.28. The van der Waals surface area contributed by atoms with Crippen LogP contribution >= 0.6 is 15.9 Å². The molecule has 0 atom stereocenters. The smallest absolute Gasteiger partial charge is 0.176 e. The van der Waals surface area contributed by atoms with Crippen molar-refractivity contribution in [1.82, 2.24) is 4.90 Å². The molecule has 0 spiro atoms. The largest absolute Gasteiger partial charge is 0.293 e. The standard InChI is InChI=1S/C18H26BrNO/c1-14(2)10-11-20(17-8-3-4-9-17)13-18(21)15-6-5-7-16(19)12-15/h5-7,12,14,17H,3-4,8-11,13H2,1-2H3. The van der Waals surface area contributed by atoms with Gasteiger partial charge >= 0.3 is 0 Å². The highest BCUT2D eigenvalue weighted by atomic mass is 79.9. The Bertz CT molecular complexity index is 466. The second-order valence-corrected chi connectivity index (χ2v) is 7.44. The molecule has 0 aromatic heterocycles. The van der Waals surface area contributed by atoms with E-state index < -0.39 is 0 Å². The SMILES string of the molecule is CC(C)CCN(CC(=O)c1cccc(Br)c1)C1CCCC1. The van der Waals surface area contributed by atoms with Gasteiger partial charge in [-0.1, -0.05) is 54.8 Å². The van der Waals surface area contributed by atoms with E-state index in [1.54, 1.807) is 0 Å². The Kier molecular flexibility index (Phi) is 6.43. The molecule has 1 aliphatic carbocycles. The average molecular weight is 352 g/mol. The van der Waals surface area contributed by atoms with Crippen LogP contribution < -0.4 is 0 Å². The molecule has 0 N–H and O–H groups in total. The van der Waals surface area contributed by atoms with E-state index in [4.69, 9.17) is 0 Å². The van der Waals surface area contributed by atoms with Crippen LogP contribution in [0.2, 0.25) is 0 Å². The van der Waals surface area contributed by atoms with Gasteiger partial charge in [-0.2, -0.15) is 0 Å². The Morgan fingerprint density at radius 1 is 1.33 bits per heavy atom. The molecule has 1 aliphatic rings. The maximum atomic E-state index is 12.5. The van der Waals surface area contributed by atoms with Crippen LogP contribution in [0, 0.1) is 5.92 Å². The average Bonchev–Trinajstić information content (AvgIpc) is 2.97. The third-order valence-corrected chi connectivity index (χ3v) is 4.82. The maximum absolute atomic E-state index is 12.5. The van der Waals surface area contributed by atoms with Crippen LogP contribution in [-0.2, 0) is 0 Å². The summed E-state index contributed by atoms with van der Waals surface area (Å²) in [6.45, 7) is 6.11. The van der Waals surface area contributed by atoms with E-state index in [-0.39, 0.29) is 5.78 Å². The highest BCUT2D eigenvalue weighted by molar-refractivity contribution is 9.10. The number of rotatable bonds is 7. The molecule has 21 heavy (non-hydrogen) atoms. The highest BCUT2D eigenvalue weighted by Gasteiger charge is 2.24. The quantitative estimate of drug-likeness (QED) is 0.649. The first-order chi connectivity index (χ1) is 10.1. The van der Waals surface area contributed by atoms with Crippen LogP contribution in [0.4, 0.5) is 0 Å². The minimum absolute atomic E-state index is 0.243. The lowest BCUT2D eigenvalue weighted by Crippen LogP contribution is -2.38. The van der Waals surface area contributed by atoms with Crippen LogP contribution in [0.25, 0.3) is 0 Å². The van der Waals surface area contributed by atoms with Crippen LogP contribution in [0.15, 0.2) is 28.7 Å². The highest BCUT2D eigenvalue weighted by Crippen LogP contribution is 2.24. The molecule has 1 fully saturated rings. The molecule has 1 aromatic carbocycles. The molecule has 0 unspecified atom stereocenters. The van der Waals surface area contributed by atoms with Gasteiger partial charge in [0.05, 0.1) is 6.54 Å². The Balaban J connectivity index is 2.01. The number of carbonyl (C=O) groups excluding carboxylic acids is 1. The van der Waals surface area contributed by atoms with E-state index in [2.05, 4.69) is 34.7 Å². The van der Waals surface area contributed by atoms with E-state index >= 15 is 0 Å². The number of ketones is 1. The molecule has 116 valence electrons. The zero-order valence-electron chi connectivity index (χ0n) is 13.1. The van der Waals surface area contributed by atoms with Gasteiger partial charge in [0.2, 0.25) is 0 Å². The van der Waals surface area contributed by atoms with E-state index in [0.29, 0.717) is 18.5 Å². The number of Topliss-reactive ketones (excluding diaryl/α,β-unsaturated/α-hetero) is 1. The Morgan fingerprint density at radius 3 is 2.67 bits per heavy atom. The number of hydrogen-bond acceptors (Lipinski definition) is 2. The summed E-state index contributed by atoms with van der Waals surface area (Å²) >= 11 is 3.45. The van der Waals surface area contributed by atoms with E-state index in [1.165, 1.54) is 32.1 Å². The van der Waals surface area contributed by atoms with Crippen molar-refractivity contribution in [1.29, 1.82) is 0 Å². The van der Waals surface area contributed by atoms with Crippen molar-refractivity contribution >= 4 is 21.7 Å². The lowest BCUT2D eigenvalue weighted by atomic mass is 10.1. The molecule has 3 heteroatoms. The van der Waals surface area contributed by atoms with E-state index in [0.717, 1.165) is 16.6 Å². The molecule has 2 rings (SSSR count). The van der Waals surface area contributed by atoms with Gasteiger partial charge < -0.3 is 0 Å². The Hall–Kier alpha value is -0.670. The topological polar surface area (TPSA) is 20.3 Å². The first kappa shape index (κ1) is 16.7. The van der Waals surface area contributed by atoms with Gasteiger partial charge in [-0.3, -0.25) is 9.69 Å². The van der Waals surface area contributed by atoms with Gasteiger partial charge in [-0.05, 0) is 43.9 Å². The monoisotopic (exact) mass is 351 g/mol. The maximum Gasteiger partial charge on any atom is 0.176 e. The second-order valence-electron chi connectivity index (χ2n) is 6.52. The fraction of sp³-hybridized carbons (Fsp3) is 0.611. The van der Waals surface area contributed by atoms with Gasteiger partial charge in [0.25, 0.3) is 0 Å². The second kappa shape index (κ2) is 8.09. The van der Waals surface area contributed by atoms with Crippen LogP contribution in [0.5, 0.6) is 0 Å². The van der Waals surface area contributed by atoms with Crippen molar-refractivity contribution in [3.05, 3.63) is 34.3 Å². The van der Waals surface area contributed by atoms with Crippen molar-refractivity contribution in [2.75, 3.05) is 13.1 Å². The van der Waals surface area contributed by atoms with Crippen molar-refractivity contribution in [3.63, 3.8) is 0 Å². The van der Waals surface area contributed by atoms with Crippen molar-refractivity contribution < 1.29 is 4.79 Å². The summed E-state index contributed by atoms with van der Waals surface area (Å²) in [4.78, 5) is 15.0. The molecule has 0 saturated heterocycles. The molecule has 2 nitrogen and oxygen atoms in total. The Morgan fingerprint density at radius 2 is 2.05 bits per heavy atom. The minimum atomic E-state index is 0.243. The summed E-state index contributed by atoms with van der Waals surface area (Å²) in [6.07, 6.45) is 6.30. The van der Waals surface area contributed by atoms with Crippen LogP contribution in [0.3, 0.4) is 0 Å². The summed E-state index contributed by atoms with van der Waals surface area (Å²) in [5, 5.41) is 0. The van der Waals surface area contributed by atoms with Gasteiger partial charge in [0.1, 0.15) is 0 Å². The number of carbonyl (C=O) groups is 1. The van der Waals surface area contributed by atoms with E-state index in [1.807, 2.05) is 24.3 Å². The third kappa shape index (κ3) is 5.23. The predicted molar refractivity (Wildman–Crippen MR) is 91.8 cm³/mol. The number of nitrogens with zero attached hydrogens (tertiary/aromatic N) is 1. The molecule has 0 amide bonds. The van der Waals surface area contributed by atoms with E-state index in [9.17, 15) is 4.79 Å². The third-order valence-electron chi connectivity index (χ3n) is 4.33. The molecular formula is C18H26BrNO. The summed E-state index contributed by atoms with van der Waals surface area (Å²) < 4.78 is 0.975. The number of halogens is 1. The number of hydrogen-bond donors (Lipinski definition) is 0. The van der Waals surface area contributed by atoms with Gasteiger partial charge in [-0.15, -0.1) is 0 Å². The van der Waals surface area contributed by atoms with Crippen molar-refractivity contribution in [2.45, 2.75) is 52.0 Å². The molecular weight excluding hydrogens is 326 g/mol. The normalized spacial score (nSPS) is 16.0. The molecule has 0 heterocycles. The van der Waals surface area contributed by atoms with Crippen molar-refractivity contribution in [3.8, 4) is 0 Å². The minimum Gasteiger partial charge on any atom is -0.293 e. The molecule has 0 aliphatic heterocycles.